The first-order valence-electron chi connectivity index (χ1n) is 9.70. The number of hydrogen-bond acceptors (Lipinski definition) is 7. The van der Waals surface area contributed by atoms with Crippen molar-refractivity contribution in [2.45, 2.75) is 19.4 Å². The van der Waals surface area contributed by atoms with Crippen LogP contribution in [0.4, 0.5) is 0 Å². The molecule has 0 aromatic heterocycles. The molecule has 1 saturated heterocycles. The molecule has 7 heteroatoms. The summed E-state index contributed by atoms with van der Waals surface area (Å²) < 4.78 is 33.4. The fourth-order valence-corrected chi connectivity index (χ4v) is 4.20. The molecule has 0 radical (unpaired) electrons. The third kappa shape index (κ3) is 3.58. The van der Waals surface area contributed by atoms with E-state index in [2.05, 4.69) is 0 Å². The Morgan fingerprint density at radius 3 is 2.41 bits per heavy atom. The number of rotatable bonds is 5. The predicted molar refractivity (Wildman–Crippen MR) is 101 cm³/mol. The third-order valence-corrected chi connectivity index (χ3v) is 5.59. The molecule has 0 bridgehead atoms. The number of hydrogen-bond donors (Lipinski definition) is 0. The largest absolute Gasteiger partial charge is 0.457 e. The highest BCUT2D eigenvalue weighted by molar-refractivity contribution is 5.66. The quantitative estimate of drug-likeness (QED) is 0.716. The first kappa shape index (κ1) is 18.1. The van der Waals surface area contributed by atoms with Crippen molar-refractivity contribution in [3.8, 4) is 23.0 Å². The van der Waals surface area contributed by atoms with Crippen molar-refractivity contribution in [2.75, 3.05) is 26.8 Å². The molecule has 0 N–H and O–H groups in total. The summed E-state index contributed by atoms with van der Waals surface area (Å²) in [6.45, 7) is 3.04. The van der Waals surface area contributed by atoms with Crippen LogP contribution in [-0.4, -0.2) is 32.8 Å². The van der Waals surface area contributed by atoms with Crippen LogP contribution in [-0.2, 0) is 20.7 Å². The van der Waals surface area contributed by atoms with Crippen molar-refractivity contribution in [3.63, 3.8) is 0 Å². The van der Waals surface area contributed by atoms with Crippen LogP contribution >= 0.6 is 0 Å². The van der Waals surface area contributed by atoms with Gasteiger partial charge in [0.25, 0.3) is 0 Å². The predicted octanol–water partition coefficient (Wildman–Crippen LogP) is 3.25. The van der Waals surface area contributed by atoms with Crippen LogP contribution in [0.1, 0.15) is 24.2 Å². The molecule has 0 spiro atoms. The van der Waals surface area contributed by atoms with Gasteiger partial charge in [-0.15, -0.1) is 0 Å². The fraction of sp³-hybridized carbons (Fsp3) is 0.409. The highest BCUT2D eigenvalue weighted by atomic mass is 16.7. The van der Waals surface area contributed by atoms with Gasteiger partial charge in [0.1, 0.15) is 6.10 Å². The zero-order valence-electron chi connectivity index (χ0n) is 16.1. The minimum Gasteiger partial charge on any atom is -0.457 e. The lowest BCUT2D eigenvalue weighted by atomic mass is 9.83. The monoisotopic (exact) mass is 398 g/mol. The van der Waals surface area contributed by atoms with Crippen molar-refractivity contribution in [1.29, 1.82) is 0 Å². The number of carbonyl (C=O) groups excluding carboxylic acids is 1. The molecule has 2 aromatic carbocycles. The maximum Gasteiger partial charge on any atom is 0.303 e. The number of fused-ring (bicyclic) bond motifs is 2. The van der Waals surface area contributed by atoms with E-state index in [0.29, 0.717) is 24.7 Å². The van der Waals surface area contributed by atoms with Gasteiger partial charge in [-0.1, -0.05) is 12.1 Å². The molecule has 1 fully saturated rings. The lowest BCUT2D eigenvalue weighted by molar-refractivity contribution is -0.150. The van der Waals surface area contributed by atoms with Crippen molar-refractivity contribution < 1.29 is 33.2 Å². The Balaban J connectivity index is 1.40. The molecular formula is C22H22O7. The SMILES string of the molecule is CC(=O)O[C@H](c1ccc2c(c1)OCO2)[C@H]1COC[C@@H]1Cc1ccc2c(c1)OCO2. The minimum atomic E-state index is -0.413. The topological polar surface area (TPSA) is 72.5 Å². The molecular weight excluding hydrogens is 376 g/mol. The summed E-state index contributed by atoms with van der Waals surface area (Å²) in [7, 11) is 0. The summed E-state index contributed by atoms with van der Waals surface area (Å²) in [5.41, 5.74) is 2.03. The zero-order valence-corrected chi connectivity index (χ0v) is 16.1. The number of benzene rings is 2. The van der Waals surface area contributed by atoms with E-state index in [1.54, 1.807) is 0 Å². The van der Waals surface area contributed by atoms with Crippen LogP contribution in [0.5, 0.6) is 23.0 Å². The van der Waals surface area contributed by atoms with Crippen LogP contribution in [0.15, 0.2) is 36.4 Å². The Labute approximate surface area is 168 Å². The minimum absolute atomic E-state index is 0.0321. The molecule has 3 atom stereocenters. The maximum absolute atomic E-state index is 11.9. The summed E-state index contributed by atoms with van der Waals surface area (Å²) in [4.78, 5) is 11.9. The third-order valence-electron chi connectivity index (χ3n) is 5.59. The molecule has 3 aliphatic heterocycles. The Kier molecular flexibility index (Phi) is 4.67. The van der Waals surface area contributed by atoms with E-state index >= 15 is 0 Å². The number of ether oxygens (including phenoxy) is 6. The summed E-state index contributed by atoms with van der Waals surface area (Å²) in [6.07, 6.45) is 0.382. The van der Waals surface area contributed by atoms with Crippen LogP contribution in [0.3, 0.4) is 0 Å². The summed E-state index contributed by atoms with van der Waals surface area (Å²) in [6, 6.07) is 11.7. The van der Waals surface area contributed by atoms with Gasteiger partial charge in [0.2, 0.25) is 13.6 Å². The first-order valence-corrected chi connectivity index (χ1v) is 9.70. The lowest BCUT2D eigenvalue weighted by Crippen LogP contribution is -2.26. The highest BCUT2D eigenvalue weighted by Crippen LogP contribution is 2.42. The molecule has 0 aliphatic carbocycles. The average Bonchev–Trinajstić information content (AvgIpc) is 3.45. The number of esters is 1. The average molecular weight is 398 g/mol. The Morgan fingerprint density at radius 2 is 1.66 bits per heavy atom. The smallest absolute Gasteiger partial charge is 0.303 e. The second-order valence-electron chi connectivity index (χ2n) is 7.50. The lowest BCUT2D eigenvalue weighted by Gasteiger charge is -2.27. The van der Waals surface area contributed by atoms with Gasteiger partial charge in [0, 0.05) is 12.8 Å². The van der Waals surface area contributed by atoms with E-state index in [0.717, 1.165) is 29.0 Å². The maximum atomic E-state index is 11.9. The van der Waals surface area contributed by atoms with Crippen LogP contribution in [0, 0.1) is 11.8 Å². The second kappa shape index (κ2) is 7.48. The molecule has 29 heavy (non-hydrogen) atoms. The normalized spacial score (nSPS) is 22.5. The molecule has 5 rings (SSSR count). The van der Waals surface area contributed by atoms with Crippen LogP contribution < -0.4 is 18.9 Å². The fourth-order valence-electron chi connectivity index (χ4n) is 4.20. The standard InChI is InChI=1S/C22H22O7/c1-13(23)29-22(15-3-5-19-21(8-15)28-12-26-19)17-10-24-9-16(17)6-14-2-4-18-20(7-14)27-11-25-18/h2-5,7-8,16-17,22H,6,9-12H2,1H3/t16-,17-,22+/m0/s1. The molecule has 2 aromatic rings. The van der Waals surface area contributed by atoms with Crippen LogP contribution in [0.2, 0.25) is 0 Å². The van der Waals surface area contributed by atoms with E-state index in [-0.39, 0.29) is 31.4 Å². The first-order chi connectivity index (χ1) is 14.2. The molecule has 152 valence electrons. The van der Waals surface area contributed by atoms with Crippen molar-refractivity contribution in [3.05, 3.63) is 47.5 Å². The molecule has 0 unspecified atom stereocenters. The Bertz CT molecular complexity index is 925. The zero-order chi connectivity index (χ0) is 19.8. The van der Waals surface area contributed by atoms with Gasteiger partial charge in [-0.25, -0.2) is 0 Å². The molecule has 7 nitrogen and oxygen atoms in total. The van der Waals surface area contributed by atoms with Gasteiger partial charge in [0.15, 0.2) is 23.0 Å². The summed E-state index contributed by atoms with van der Waals surface area (Å²) in [5, 5.41) is 0. The van der Waals surface area contributed by atoms with Gasteiger partial charge >= 0.3 is 5.97 Å². The van der Waals surface area contributed by atoms with Crippen molar-refractivity contribution >= 4 is 5.97 Å². The summed E-state index contributed by atoms with van der Waals surface area (Å²) >= 11 is 0. The van der Waals surface area contributed by atoms with Crippen molar-refractivity contribution in [2.24, 2.45) is 11.8 Å². The van der Waals surface area contributed by atoms with Gasteiger partial charge in [-0.05, 0) is 47.7 Å². The van der Waals surface area contributed by atoms with Gasteiger partial charge < -0.3 is 28.4 Å². The van der Waals surface area contributed by atoms with Gasteiger partial charge in [0.05, 0.1) is 13.2 Å². The molecule has 3 aliphatic rings. The molecule has 0 saturated carbocycles. The summed E-state index contributed by atoms with van der Waals surface area (Å²) in [5.74, 6) is 2.83. The second-order valence-corrected chi connectivity index (χ2v) is 7.50. The van der Waals surface area contributed by atoms with E-state index in [4.69, 9.17) is 28.4 Å². The van der Waals surface area contributed by atoms with Crippen LogP contribution in [0.25, 0.3) is 0 Å². The Morgan fingerprint density at radius 1 is 0.966 bits per heavy atom. The van der Waals surface area contributed by atoms with E-state index in [9.17, 15) is 4.79 Å². The number of carbonyl (C=O) groups is 1. The van der Waals surface area contributed by atoms with Gasteiger partial charge in [-0.2, -0.15) is 0 Å². The highest BCUT2D eigenvalue weighted by Gasteiger charge is 2.38. The Hall–Kier alpha value is -2.93. The van der Waals surface area contributed by atoms with E-state index < -0.39 is 6.10 Å². The van der Waals surface area contributed by atoms with Crippen molar-refractivity contribution in [1.82, 2.24) is 0 Å². The van der Waals surface area contributed by atoms with E-state index in [1.807, 2.05) is 36.4 Å². The van der Waals surface area contributed by atoms with Gasteiger partial charge in [-0.3, -0.25) is 4.79 Å². The molecule has 0 amide bonds. The van der Waals surface area contributed by atoms with E-state index in [1.165, 1.54) is 6.92 Å². The molecule has 3 heterocycles.